The average molecular weight is 287 g/mol. The largest absolute Gasteiger partial charge is 0.357 e. The van der Waals surface area contributed by atoms with Gasteiger partial charge in [-0.2, -0.15) is 15.1 Å². The van der Waals surface area contributed by atoms with E-state index >= 15 is 0 Å². The Kier molecular flexibility index (Phi) is 3.14. The first kappa shape index (κ1) is 12.8. The van der Waals surface area contributed by atoms with E-state index in [1.54, 1.807) is 0 Å². The molecule has 2 saturated heterocycles. The number of anilines is 2. The fourth-order valence-electron chi connectivity index (χ4n) is 3.51. The van der Waals surface area contributed by atoms with Crippen LogP contribution in [0.4, 0.5) is 11.8 Å². The third-order valence-corrected chi connectivity index (χ3v) is 4.63. The smallest absolute Gasteiger partial charge is 0.226 e. The van der Waals surface area contributed by atoms with E-state index in [1.807, 2.05) is 13.2 Å². The molecule has 0 bridgehead atoms. The molecule has 21 heavy (non-hydrogen) atoms. The van der Waals surface area contributed by atoms with Crippen LogP contribution in [0.1, 0.15) is 19.3 Å². The summed E-state index contributed by atoms with van der Waals surface area (Å²) in [5.41, 5.74) is 0.800. The Morgan fingerprint density at radius 2 is 2.10 bits per heavy atom. The Morgan fingerprint density at radius 3 is 2.90 bits per heavy atom. The maximum Gasteiger partial charge on any atom is 0.226 e. The molecule has 2 aliphatic heterocycles. The third kappa shape index (κ3) is 2.21. The van der Waals surface area contributed by atoms with Crippen LogP contribution in [0.3, 0.4) is 0 Å². The standard InChI is InChI=1S/C14H21N7/c1-15-14-17-12-11(8-16-19-12)13(18-14)21-7-4-10(9-21)20-5-2-3-6-20/h8,10H,2-7,9H2,1H3,(H2,15,16,17,18,19). The second-order valence-corrected chi connectivity index (χ2v) is 5.88. The SMILES string of the molecule is CNc1nc(N2CCC(N3CCCC3)C2)c2cn[nH]c2n1. The van der Waals surface area contributed by atoms with Gasteiger partial charge in [0.05, 0.1) is 11.6 Å². The van der Waals surface area contributed by atoms with Crippen molar-refractivity contribution >= 4 is 22.8 Å². The number of H-pyrrole nitrogens is 1. The highest BCUT2D eigenvalue weighted by atomic mass is 15.3. The lowest BCUT2D eigenvalue weighted by molar-refractivity contribution is 0.260. The summed E-state index contributed by atoms with van der Waals surface area (Å²) in [4.78, 5) is 14.1. The molecular formula is C14H21N7. The topological polar surface area (TPSA) is 73.0 Å². The van der Waals surface area contributed by atoms with Gasteiger partial charge in [-0.3, -0.25) is 10.00 Å². The Morgan fingerprint density at radius 1 is 1.24 bits per heavy atom. The van der Waals surface area contributed by atoms with Crippen LogP contribution in [-0.2, 0) is 0 Å². The number of hydrogen-bond acceptors (Lipinski definition) is 6. The first-order valence-corrected chi connectivity index (χ1v) is 7.73. The van der Waals surface area contributed by atoms with Crippen LogP contribution in [0.15, 0.2) is 6.20 Å². The quantitative estimate of drug-likeness (QED) is 0.880. The number of rotatable bonds is 3. The maximum atomic E-state index is 4.66. The molecule has 2 aromatic rings. The van der Waals surface area contributed by atoms with Gasteiger partial charge in [0.2, 0.25) is 5.95 Å². The number of nitrogens with one attached hydrogen (secondary N) is 2. The van der Waals surface area contributed by atoms with Gasteiger partial charge < -0.3 is 10.2 Å². The van der Waals surface area contributed by atoms with Gasteiger partial charge in [-0.25, -0.2) is 0 Å². The van der Waals surface area contributed by atoms with Crippen molar-refractivity contribution in [2.24, 2.45) is 0 Å². The van der Waals surface area contributed by atoms with Crippen LogP contribution in [0.2, 0.25) is 0 Å². The Labute approximate surface area is 123 Å². The van der Waals surface area contributed by atoms with E-state index < -0.39 is 0 Å². The van der Waals surface area contributed by atoms with E-state index in [4.69, 9.17) is 0 Å². The molecular weight excluding hydrogens is 266 g/mol. The summed E-state index contributed by atoms with van der Waals surface area (Å²) in [6.07, 6.45) is 5.74. The van der Waals surface area contributed by atoms with E-state index in [-0.39, 0.29) is 0 Å². The average Bonchev–Trinajstić information content (AvgIpc) is 3.24. The number of fused-ring (bicyclic) bond motifs is 1. The van der Waals surface area contributed by atoms with Crippen LogP contribution in [0.25, 0.3) is 11.0 Å². The van der Waals surface area contributed by atoms with Crippen LogP contribution in [-0.4, -0.2) is 64.3 Å². The molecule has 4 rings (SSSR count). The van der Waals surface area contributed by atoms with Crippen molar-refractivity contribution in [1.82, 2.24) is 25.1 Å². The molecule has 4 heterocycles. The van der Waals surface area contributed by atoms with Crippen molar-refractivity contribution in [3.63, 3.8) is 0 Å². The normalized spacial score (nSPS) is 23.3. The lowest BCUT2D eigenvalue weighted by Gasteiger charge is -2.24. The van der Waals surface area contributed by atoms with Gasteiger partial charge in [0.15, 0.2) is 5.65 Å². The monoisotopic (exact) mass is 287 g/mol. The molecule has 7 heteroatoms. The summed E-state index contributed by atoms with van der Waals surface area (Å²) in [6.45, 7) is 4.62. The van der Waals surface area contributed by atoms with Crippen molar-refractivity contribution in [3.05, 3.63) is 6.20 Å². The molecule has 0 radical (unpaired) electrons. The van der Waals surface area contributed by atoms with E-state index in [1.165, 1.54) is 32.4 Å². The van der Waals surface area contributed by atoms with Crippen molar-refractivity contribution in [3.8, 4) is 0 Å². The van der Waals surface area contributed by atoms with Gasteiger partial charge in [-0.05, 0) is 32.4 Å². The third-order valence-electron chi connectivity index (χ3n) is 4.63. The predicted molar refractivity (Wildman–Crippen MR) is 82.7 cm³/mol. The summed E-state index contributed by atoms with van der Waals surface area (Å²) in [5.74, 6) is 1.64. The number of likely N-dealkylation sites (tertiary alicyclic amines) is 1. The molecule has 0 spiro atoms. The number of aromatic nitrogens is 4. The zero-order valence-corrected chi connectivity index (χ0v) is 12.3. The Bertz CT molecular complexity index is 631. The fourth-order valence-corrected chi connectivity index (χ4v) is 3.51. The van der Waals surface area contributed by atoms with Crippen molar-refractivity contribution in [1.29, 1.82) is 0 Å². The van der Waals surface area contributed by atoms with Crippen LogP contribution in [0.5, 0.6) is 0 Å². The molecule has 1 unspecified atom stereocenters. The van der Waals surface area contributed by atoms with E-state index in [0.29, 0.717) is 12.0 Å². The lowest BCUT2D eigenvalue weighted by Crippen LogP contribution is -2.35. The number of hydrogen-bond donors (Lipinski definition) is 2. The molecule has 0 aliphatic carbocycles. The summed E-state index contributed by atoms with van der Waals surface area (Å²) in [6, 6.07) is 0.669. The molecule has 2 aromatic heterocycles. The molecule has 112 valence electrons. The molecule has 2 fully saturated rings. The van der Waals surface area contributed by atoms with Gasteiger partial charge in [-0.1, -0.05) is 0 Å². The first-order valence-electron chi connectivity index (χ1n) is 7.73. The second-order valence-electron chi connectivity index (χ2n) is 5.88. The summed E-state index contributed by atoms with van der Waals surface area (Å²) >= 11 is 0. The zero-order valence-electron chi connectivity index (χ0n) is 12.3. The minimum atomic E-state index is 0.645. The highest BCUT2D eigenvalue weighted by Gasteiger charge is 2.31. The summed E-state index contributed by atoms with van der Waals surface area (Å²) in [7, 11) is 1.85. The molecule has 0 amide bonds. The van der Waals surface area contributed by atoms with Crippen LogP contribution in [0, 0.1) is 0 Å². The summed E-state index contributed by atoms with van der Waals surface area (Å²) < 4.78 is 0. The van der Waals surface area contributed by atoms with Crippen molar-refractivity contribution in [2.75, 3.05) is 43.4 Å². The predicted octanol–water partition coefficient (Wildman–Crippen LogP) is 1.07. The summed E-state index contributed by atoms with van der Waals surface area (Å²) in [5, 5.41) is 11.1. The van der Waals surface area contributed by atoms with Crippen LogP contribution < -0.4 is 10.2 Å². The van der Waals surface area contributed by atoms with Crippen molar-refractivity contribution in [2.45, 2.75) is 25.3 Å². The first-order chi connectivity index (χ1) is 10.3. The van der Waals surface area contributed by atoms with Gasteiger partial charge in [-0.15, -0.1) is 0 Å². The van der Waals surface area contributed by atoms with Gasteiger partial charge in [0.1, 0.15) is 5.82 Å². The van der Waals surface area contributed by atoms with E-state index in [0.717, 1.165) is 29.9 Å². The molecule has 1 atom stereocenters. The molecule has 7 nitrogen and oxygen atoms in total. The van der Waals surface area contributed by atoms with Gasteiger partial charge in [0.25, 0.3) is 0 Å². The lowest BCUT2D eigenvalue weighted by atomic mass is 10.2. The fraction of sp³-hybridized carbons (Fsp3) is 0.643. The number of nitrogens with zero attached hydrogens (tertiary/aromatic N) is 5. The maximum absolute atomic E-state index is 4.66. The number of aromatic amines is 1. The Balaban J connectivity index is 1.62. The molecule has 0 saturated carbocycles. The molecule has 0 aromatic carbocycles. The Hall–Kier alpha value is -1.89. The van der Waals surface area contributed by atoms with Gasteiger partial charge in [0, 0.05) is 26.2 Å². The molecule has 2 N–H and O–H groups in total. The van der Waals surface area contributed by atoms with Crippen LogP contribution >= 0.6 is 0 Å². The minimum absolute atomic E-state index is 0.645. The zero-order chi connectivity index (χ0) is 14.2. The van der Waals surface area contributed by atoms with Gasteiger partial charge >= 0.3 is 0 Å². The highest BCUT2D eigenvalue weighted by Crippen LogP contribution is 2.29. The second kappa shape index (κ2) is 5.14. The van der Waals surface area contributed by atoms with E-state index in [9.17, 15) is 0 Å². The molecule has 2 aliphatic rings. The minimum Gasteiger partial charge on any atom is -0.357 e. The highest BCUT2D eigenvalue weighted by molar-refractivity contribution is 5.87. The van der Waals surface area contributed by atoms with E-state index in [2.05, 4.69) is 35.3 Å². The van der Waals surface area contributed by atoms with Crippen molar-refractivity contribution < 1.29 is 0 Å².